The van der Waals surface area contributed by atoms with Gasteiger partial charge in [0.2, 0.25) is 0 Å². The van der Waals surface area contributed by atoms with Gasteiger partial charge in [0.15, 0.2) is 0 Å². The molecule has 0 amide bonds. The minimum absolute atomic E-state index is 0.603. The van der Waals surface area contributed by atoms with E-state index in [4.69, 9.17) is 10.5 Å². The molecule has 0 spiro atoms. The van der Waals surface area contributed by atoms with E-state index in [1.165, 1.54) is 10.6 Å². The van der Waals surface area contributed by atoms with E-state index in [1.807, 2.05) is 23.9 Å². The lowest BCUT2D eigenvalue weighted by Gasteiger charge is -2.35. The van der Waals surface area contributed by atoms with Gasteiger partial charge in [0.05, 0.1) is 12.8 Å². The summed E-state index contributed by atoms with van der Waals surface area (Å²) in [5.74, 6) is 0.949. The molecule has 3 nitrogen and oxygen atoms in total. The van der Waals surface area contributed by atoms with Gasteiger partial charge in [-0.1, -0.05) is 13.0 Å². The van der Waals surface area contributed by atoms with Crippen LogP contribution in [0, 0.1) is 0 Å². The molecule has 88 valence electrons. The fourth-order valence-electron chi connectivity index (χ4n) is 2.09. The maximum Gasteiger partial charge on any atom is 0.143 e. The van der Waals surface area contributed by atoms with Gasteiger partial charge in [0.25, 0.3) is 0 Å². The van der Waals surface area contributed by atoms with Crippen molar-refractivity contribution in [3.63, 3.8) is 0 Å². The summed E-state index contributed by atoms with van der Waals surface area (Å²) in [5.41, 5.74) is 6.87. The molecule has 1 atom stereocenters. The number of nitrogens with zero attached hydrogens (tertiary/aromatic N) is 1. The molecule has 0 fully saturated rings. The number of benzene rings is 1. The van der Waals surface area contributed by atoms with Gasteiger partial charge in [-0.05, 0) is 12.1 Å². The molecule has 2 rings (SSSR count). The van der Waals surface area contributed by atoms with Crippen LogP contribution in [0.4, 0.5) is 5.69 Å². The molecule has 0 radical (unpaired) electrons. The molecular weight excluding hydrogens is 220 g/mol. The molecule has 0 aliphatic carbocycles. The van der Waals surface area contributed by atoms with Gasteiger partial charge in [0.1, 0.15) is 5.75 Å². The zero-order chi connectivity index (χ0) is 11.5. The van der Waals surface area contributed by atoms with Crippen LogP contribution >= 0.6 is 11.8 Å². The Hall–Kier alpha value is -0.870. The second-order valence-electron chi connectivity index (χ2n) is 3.97. The van der Waals surface area contributed by atoms with Gasteiger partial charge < -0.3 is 15.4 Å². The average Bonchev–Trinajstić information content (AvgIpc) is 2.28. The van der Waals surface area contributed by atoms with Crippen LogP contribution in [0.25, 0.3) is 0 Å². The molecule has 4 heteroatoms. The summed E-state index contributed by atoms with van der Waals surface area (Å²) in [6.07, 6.45) is 0. The summed E-state index contributed by atoms with van der Waals surface area (Å²) in [4.78, 5) is 3.63. The quantitative estimate of drug-likeness (QED) is 0.873. The van der Waals surface area contributed by atoms with Crippen LogP contribution in [-0.4, -0.2) is 32.0 Å². The topological polar surface area (TPSA) is 38.5 Å². The molecule has 16 heavy (non-hydrogen) atoms. The average molecular weight is 238 g/mol. The standard InChI is InChI=1S/C12H18N2OS/c1-9-8-14(7-6-13)12-10(15-2)4-3-5-11(12)16-9/h3-5,9H,6-8,13H2,1-2H3. The SMILES string of the molecule is COc1cccc2c1N(CCN)CC(C)S2. The Morgan fingerprint density at radius 2 is 2.38 bits per heavy atom. The van der Waals surface area contributed by atoms with E-state index in [9.17, 15) is 0 Å². The first kappa shape index (κ1) is 11.6. The summed E-state index contributed by atoms with van der Waals surface area (Å²) < 4.78 is 5.43. The smallest absolute Gasteiger partial charge is 0.143 e. The van der Waals surface area contributed by atoms with Crippen molar-refractivity contribution in [3.8, 4) is 5.75 Å². The van der Waals surface area contributed by atoms with Gasteiger partial charge in [-0.3, -0.25) is 0 Å². The second-order valence-corrected chi connectivity index (χ2v) is 5.45. The third-order valence-electron chi connectivity index (χ3n) is 2.70. The van der Waals surface area contributed by atoms with Gasteiger partial charge in [-0.2, -0.15) is 0 Å². The number of methoxy groups -OCH3 is 1. The fraction of sp³-hybridized carbons (Fsp3) is 0.500. The molecule has 0 saturated carbocycles. The van der Waals surface area contributed by atoms with E-state index >= 15 is 0 Å². The third-order valence-corrected chi connectivity index (χ3v) is 3.84. The maximum absolute atomic E-state index is 5.66. The third kappa shape index (κ3) is 2.13. The largest absolute Gasteiger partial charge is 0.495 e. The number of hydrogen-bond acceptors (Lipinski definition) is 4. The number of ether oxygens (including phenoxy) is 1. The van der Waals surface area contributed by atoms with Crippen LogP contribution in [0.1, 0.15) is 6.92 Å². The summed E-state index contributed by atoms with van der Waals surface area (Å²) in [6, 6.07) is 6.21. The minimum Gasteiger partial charge on any atom is -0.495 e. The molecule has 0 bridgehead atoms. The monoisotopic (exact) mass is 238 g/mol. The highest BCUT2D eigenvalue weighted by atomic mass is 32.2. The van der Waals surface area contributed by atoms with Crippen LogP contribution < -0.4 is 15.4 Å². The Balaban J connectivity index is 2.40. The van der Waals surface area contributed by atoms with Crippen LogP contribution in [0.15, 0.2) is 23.1 Å². The van der Waals surface area contributed by atoms with Crippen LogP contribution in [0.5, 0.6) is 5.75 Å². The van der Waals surface area contributed by atoms with Crippen molar-refractivity contribution in [2.45, 2.75) is 17.1 Å². The molecule has 1 heterocycles. The highest BCUT2D eigenvalue weighted by molar-refractivity contribution is 8.00. The van der Waals surface area contributed by atoms with E-state index in [0.29, 0.717) is 11.8 Å². The summed E-state index contributed by atoms with van der Waals surface area (Å²) in [7, 11) is 1.72. The zero-order valence-corrected chi connectivity index (χ0v) is 10.6. The molecule has 0 saturated heterocycles. The summed E-state index contributed by atoms with van der Waals surface area (Å²) >= 11 is 1.91. The number of nitrogens with two attached hydrogens (primary N) is 1. The van der Waals surface area contributed by atoms with E-state index in [1.54, 1.807) is 7.11 Å². The number of para-hydroxylation sites is 1. The lowest BCUT2D eigenvalue weighted by atomic mass is 10.2. The highest BCUT2D eigenvalue weighted by Gasteiger charge is 2.24. The van der Waals surface area contributed by atoms with E-state index in [2.05, 4.69) is 17.9 Å². The van der Waals surface area contributed by atoms with Gasteiger partial charge in [-0.15, -0.1) is 11.8 Å². The van der Waals surface area contributed by atoms with Crippen molar-refractivity contribution in [3.05, 3.63) is 18.2 Å². The van der Waals surface area contributed by atoms with Crippen molar-refractivity contribution in [1.29, 1.82) is 0 Å². The second kappa shape index (κ2) is 4.97. The minimum atomic E-state index is 0.603. The van der Waals surface area contributed by atoms with Gasteiger partial charge in [-0.25, -0.2) is 0 Å². The maximum atomic E-state index is 5.66. The Morgan fingerprint density at radius 3 is 3.06 bits per heavy atom. The lowest BCUT2D eigenvalue weighted by molar-refractivity contribution is 0.413. The summed E-state index contributed by atoms with van der Waals surface area (Å²) in [5, 5.41) is 0.603. The highest BCUT2D eigenvalue weighted by Crippen LogP contribution is 2.43. The molecule has 0 aromatic heterocycles. The molecule has 1 aliphatic heterocycles. The lowest BCUT2D eigenvalue weighted by Crippen LogP contribution is -2.37. The van der Waals surface area contributed by atoms with Crippen molar-refractivity contribution in [2.75, 3.05) is 31.6 Å². The first-order valence-electron chi connectivity index (χ1n) is 5.55. The number of rotatable bonds is 3. The molecule has 1 aromatic rings. The van der Waals surface area contributed by atoms with Gasteiger partial charge in [0, 0.05) is 29.8 Å². The van der Waals surface area contributed by atoms with Crippen molar-refractivity contribution >= 4 is 17.4 Å². The summed E-state index contributed by atoms with van der Waals surface area (Å²) in [6.45, 7) is 4.85. The van der Waals surface area contributed by atoms with Crippen LogP contribution in [-0.2, 0) is 0 Å². The van der Waals surface area contributed by atoms with E-state index in [-0.39, 0.29) is 0 Å². The zero-order valence-electron chi connectivity index (χ0n) is 9.77. The first-order valence-corrected chi connectivity index (χ1v) is 6.43. The predicted octanol–water partition coefficient (Wildman–Crippen LogP) is 1.95. The molecule has 1 unspecified atom stereocenters. The van der Waals surface area contributed by atoms with Crippen molar-refractivity contribution < 1.29 is 4.74 Å². The molecular formula is C12H18N2OS. The van der Waals surface area contributed by atoms with E-state index in [0.717, 1.165) is 18.8 Å². The Morgan fingerprint density at radius 1 is 1.56 bits per heavy atom. The fourth-order valence-corrected chi connectivity index (χ4v) is 3.27. The Kier molecular flexibility index (Phi) is 3.61. The number of thioether (sulfide) groups is 1. The molecule has 2 N–H and O–H groups in total. The van der Waals surface area contributed by atoms with Gasteiger partial charge >= 0.3 is 0 Å². The van der Waals surface area contributed by atoms with E-state index < -0.39 is 0 Å². The molecule has 1 aliphatic rings. The Bertz CT molecular complexity index is 370. The number of fused-ring (bicyclic) bond motifs is 1. The van der Waals surface area contributed by atoms with Crippen molar-refractivity contribution in [2.24, 2.45) is 5.73 Å². The normalized spacial score (nSPS) is 19.4. The number of hydrogen-bond donors (Lipinski definition) is 1. The first-order chi connectivity index (χ1) is 7.76. The van der Waals surface area contributed by atoms with Crippen LogP contribution in [0.3, 0.4) is 0 Å². The predicted molar refractivity (Wildman–Crippen MR) is 69.6 cm³/mol. The van der Waals surface area contributed by atoms with Crippen LogP contribution in [0.2, 0.25) is 0 Å². The number of anilines is 1. The molecule has 1 aromatic carbocycles. The Labute approximate surface area is 101 Å². The van der Waals surface area contributed by atoms with Crippen molar-refractivity contribution in [1.82, 2.24) is 0 Å².